The van der Waals surface area contributed by atoms with Crippen LogP contribution >= 0.6 is 12.2 Å². The first-order valence-corrected chi connectivity index (χ1v) is 9.78. The molecular weight excluding hydrogens is 386 g/mol. The fourth-order valence-corrected chi connectivity index (χ4v) is 3.06. The molecule has 0 saturated carbocycles. The monoisotopic (exact) mass is 409 g/mol. The number of nitrogens with one attached hydrogen (secondary N) is 3. The van der Waals surface area contributed by atoms with Crippen LogP contribution < -0.4 is 21.7 Å². The van der Waals surface area contributed by atoms with Gasteiger partial charge in [0.1, 0.15) is 0 Å². The number of hydrogen-bond donors (Lipinski definition) is 3. The van der Waals surface area contributed by atoms with Gasteiger partial charge in [0.15, 0.2) is 10.8 Å². The van der Waals surface area contributed by atoms with E-state index in [4.69, 9.17) is 12.2 Å². The van der Waals surface area contributed by atoms with Gasteiger partial charge in [0.2, 0.25) is 0 Å². The fraction of sp³-hybridized carbons (Fsp3) is 0.238. The summed E-state index contributed by atoms with van der Waals surface area (Å²) >= 11 is 5.21. The summed E-state index contributed by atoms with van der Waals surface area (Å²) in [6.07, 6.45) is 0.808. The first-order valence-electron chi connectivity index (χ1n) is 9.37. The second-order valence-corrected chi connectivity index (χ2v) is 7.22. The van der Waals surface area contributed by atoms with Crippen molar-refractivity contribution >= 4 is 34.0 Å². The van der Waals surface area contributed by atoms with E-state index >= 15 is 0 Å². The number of nitrogens with zero attached hydrogens (tertiary/aromatic N) is 2. The molecule has 0 saturated heterocycles. The number of aromatic nitrogens is 2. The lowest BCUT2D eigenvalue weighted by atomic mass is 10.1. The molecule has 0 unspecified atom stereocenters. The van der Waals surface area contributed by atoms with Crippen molar-refractivity contribution in [3.8, 4) is 0 Å². The van der Waals surface area contributed by atoms with E-state index in [-0.39, 0.29) is 17.3 Å². The summed E-state index contributed by atoms with van der Waals surface area (Å²) in [7, 11) is 0. The van der Waals surface area contributed by atoms with Crippen molar-refractivity contribution in [3.05, 3.63) is 76.2 Å². The largest absolute Gasteiger partial charge is 0.361 e. The van der Waals surface area contributed by atoms with Crippen molar-refractivity contribution in [1.82, 2.24) is 25.9 Å². The average Bonchev–Trinajstić information content (AvgIpc) is 2.73. The van der Waals surface area contributed by atoms with Crippen molar-refractivity contribution in [3.63, 3.8) is 0 Å². The van der Waals surface area contributed by atoms with E-state index < -0.39 is 5.91 Å². The quantitative estimate of drug-likeness (QED) is 0.443. The van der Waals surface area contributed by atoms with E-state index in [1.165, 1.54) is 10.2 Å². The summed E-state index contributed by atoms with van der Waals surface area (Å²) in [5.41, 5.74) is 6.37. The number of carbonyl (C=O) groups is 1. The molecule has 1 amide bonds. The van der Waals surface area contributed by atoms with E-state index in [0.717, 1.165) is 6.42 Å². The van der Waals surface area contributed by atoms with Crippen LogP contribution in [0.25, 0.3) is 10.8 Å². The van der Waals surface area contributed by atoms with Gasteiger partial charge in [-0.3, -0.25) is 20.4 Å². The highest BCUT2D eigenvalue weighted by Crippen LogP contribution is 2.14. The maximum absolute atomic E-state index is 12.7. The SMILES string of the molecule is CC(C)n1nc(C(=O)NNC(=S)NCCc2ccccc2)c2ccccc2c1=O. The first kappa shape index (κ1) is 20.5. The third-order valence-electron chi connectivity index (χ3n) is 4.36. The standard InChI is InChI=1S/C21H23N5O2S/c1-14(2)26-20(28)17-11-7-6-10-16(17)18(25-26)19(27)23-24-21(29)22-13-12-15-8-4-3-5-9-15/h3-11,14H,12-13H2,1-2H3,(H,23,27)(H2,22,24,29). The van der Waals surface area contributed by atoms with Gasteiger partial charge in [0, 0.05) is 11.9 Å². The Morgan fingerprint density at radius 3 is 2.38 bits per heavy atom. The number of amides is 1. The van der Waals surface area contributed by atoms with Gasteiger partial charge in [0.05, 0.1) is 11.4 Å². The normalized spacial score (nSPS) is 10.7. The minimum absolute atomic E-state index is 0.161. The summed E-state index contributed by atoms with van der Waals surface area (Å²) in [5.74, 6) is -0.470. The molecule has 0 spiro atoms. The molecule has 0 fully saturated rings. The minimum atomic E-state index is -0.470. The van der Waals surface area contributed by atoms with E-state index in [9.17, 15) is 9.59 Å². The lowest BCUT2D eigenvalue weighted by Gasteiger charge is -2.15. The lowest BCUT2D eigenvalue weighted by molar-refractivity contribution is 0.0938. The number of rotatable bonds is 5. The summed E-state index contributed by atoms with van der Waals surface area (Å²) in [6.45, 7) is 4.31. The van der Waals surface area contributed by atoms with Crippen molar-refractivity contribution in [2.75, 3.05) is 6.54 Å². The Hall–Kier alpha value is -3.26. The third-order valence-corrected chi connectivity index (χ3v) is 4.61. The smallest absolute Gasteiger partial charge is 0.290 e. The zero-order valence-electron chi connectivity index (χ0n) is 16.3. The molecule has 0 bridgehead atoms. The van der Waals surface area contributed by atoms with E-state index in [0.29, 0.717) is 22.4 Å². The van der Waals surface area contributed by atoms with Crippen LogP contribution in [0.15, 0.2) is 59.4 Å². The Kier molecular flexibility index (Phi) is 6.56. The zero-order chi connectivity index (χ0) is 20.8. The number of hydrogen-bond acceptors (Lipinski definition) is 4. The van der Waals surface area contributed by atoms with Gasteiger partial charge in [-0.05, 0) is 44.1 Å². The molecule has 7 nitrogen and oxygen atoms in total. The lowest BCUT2D eigenvalue weighted by Crippen LogP contribution is -2.47. The summed E-state index contributed by atoms with van der Waals surface area (Å²) in [4.78, 5) is 25.3. The predicted octanol–water partition coefficient (Wildman–Crippen LogP) is 2.33. The molecule has 0 aliphatic heterocycles. The molecule has 3 aromatic rings. The molecule has 8 heteroatoms. The molecule has 150 valence electrons. The number of fused-ring (bicyclic) bond motifs is 1. The minimum Gasteiger partial charge on any atom is -0.361 e. The molecule has 0 radical (unpaired) electrons. The van der Waals surface area contributed by atoms with Crippen LogP contribution in [0.4, 0.5) is 0 Å². The number of thiocarbonyl (C=S) groups is 1. The van der Waals surface area contributed by atoms with Crippen LogP contribution in [0.3, 0.4) is 0 Å². The van der Waals surface area contributed by atoms with Crippen molar-refractivity contribution in [2.24, 2.45) is 0 Å². The van der Waals surface area contributed by atoms with Gasteiger partial charge < -0.3 is 5.32 Å². The van der Waals surface area contributed by atoms with Crippen molar-refractivity contribution in [2.45, 2.75) is 26.3 Å². The Morgan fingerprint density at radius 1 is 1.03 bits per heavy atom. The maximum Gasteiger partial charge on any atom is 0.290 e. The summed E-state index contributed by atoms with van der Waals surface area (Å²) in [6, 6.07) is 16.8. The summed E-state index contributed by atoms with van der Waals surface area (Å²) < 4.78 is 1.31. The summed E-state index contributed by atoms with van der Waals surface area (Å²) in [5, 5.41) is 8.56. The Bertz CT molecular complexity index is 1080. The van der Waals surface area contributed by atoms with Crippen LogP contribution in [-0.2, 0) is 6.42 Å². The highest BCUT2D eigenvalue weighted by molar-refractivity contribution is 7.80. The molecule has 0 atom stereocenters. The molecule has 0 aliphatic rings. The van der Waals surface area contributed by atoms with Gasteiger partial charge in [0.25, 0.3) is 11.5 Å². The van der Waals surface area contributed by atoms with E-state index in [1.807, 2.05) is 44.2 Å². The Morgan fingerprint density at radius 2 is 1.69 bits per heavy atom. The third kappa shape index (κ3) is 4.97. The molecule has 0 aliphatic carbocycles. The first-order chi connectivity index (χ1) is 14.0. The van der Waals surface area contributed by atoms with Gasteiger partial charge >= 0.3 is 0 Å². The topological polar surface area (TPSA) is 88.1 Å². The molecule has 2 aromatic carbocycles. The molecule has 29 heavy (non-hydrogen) atoms. The highest BCUT2D eigenvalue weighted by Gasteiger charge is 2.17. The average molecular weight is 410 g/mol. The molecule has 1 aromatic heterocycles. The van der Waals surface area contributed by atoms with E-state index in [1.54, 1.807) is 24.3 Å². The van der Waals surface area contributed by atoms with Crippen LogP contribution in [0.5, 0.6) is 0 Å². The maximum atomic E-state index is 12.7. The van der Waals surface area contributed by atoms with Crippen molar-refractivity contribution < 1.29 is 4.79 Å². The van der Waals surface area contributed by atoms with Crippen LogP contribution in [0.1, 0.15) is 35.9 Å². The van der Waals surface area contributed by atoms with Crippen LogP contribution in [-0.4, -0.2) is 27.3 Å². The Balaban J connectivity index is 1.66. The Labute approximate surface area is 174 Å². The predicted molar refractivity (Wildman–Crippen MR) is 118 cm³/mol. The number of benzene rings is 2. The molecule has 1 heterocycles. The van der Waals surface area contributed by atoms with Crippen LogP contribution in [0, 0.1) is 0 Å². The van der Waals surface area contributed by atoms with E-state index in [2.05, 4.69) is 21.3 Å². The fourth-order valence-electron chi connectivity index (χ4n) is 2.91. The second-order valence-electron chi connectivity index (χ2n) is 6.81. The molecular formula is C21H23N5O2S. The molecule has 3 N–H and O–H groups in total. The van der Waals surface area contributed by atoms with Gasteiger partial charge in [-0.2, -0.15) is 5.10 Å². The second kappa shape index (κ2) is 9.29. The van der Waals surface area contributed by atoms with Gasteiger partial charge in [-0.25, -0.2) is 4.68 Å². The van der Waals surface area contributed by atoms with Crippen LogP contribution in [0.2, 0.25) is 0 Å². The number of carbonyl (C=O) groups excluding carboxylic acids is 1. The highest BCUT2D eigenvalue weighted by atomic mass is 32.1. The van der Waals surface area contributed by atoms with Crippen molar-refractivity contribution in [1.29, 1.82) is 0 Å². The zero-order valence-corrected chi connectivity index (χ0v) is 17.1. The number of hydrazine groups is 1. The van der Waals surface area contributed by atoms with Gasteiger partial charge in [-0.15, -0.1) is 0 Å². The molecule has 3 rings (SSSR count). The van der Waals surface area contributed by atoms with Gasteiger partial charge in [-0.1, -0.05) is 48.5 Å².